The van der Waals surface area contributed by atoms with Crippen molar-refractivity contribution < 1.29 is 15.0 Å². The summed E-state index contributed by atoms with van der Waals surface area (Å²) in [6.07, 6.45) is 76.0. The highest BCUT2D eigenvalue weighted by Crippen LogP contribution is 2.12. The highest BCUT2D eigenvalue weighted by atomic mass is 16.3. The molecule has 0 aliphatic rings. The number of hydrogen-bond donors (Lipinski definition) is 3. The summed E-state index contributed by atoms with van der Waals surface area (Å²) >= 11 is 0. The number of carbonyl (C=O) groups is 1. The van der Waals surface area contributed by atoms with Gasteiger partial charge in [0.05, 0.1) is 18.8 Å². The molecule has 0 saturated carbocycles. The van der Waals surface area contributed by atoms with E-state index in [1.165, 1.54) is 83.5 Å². The SMILES string of the molecule is CC/C=C\C/C=C\C/C=C\C/C=C\C/C=C\C/C=C\C/C=C\CCCCCCCC(=O)NC(CO)C(O)/C=C/CC/C=C/CC/C=C/CCCCCCCCCCCC. The third-order valence-corrected chi connectivity index (χ3v) is 10.2. The molecule has 0 bridgehead atoms. The molecule has 334 valence electrons. The average Bonchev–Trinajstić information content (AvgIpc) is 3.24. The van der Waals surface area contributed by atoms with Gasteiger partial charge in [0.25, 0.3) is 0 Å². The zero-order chi connectivity index (χ0) is 42.8. The monoisotopic (exact) mass is 814 g/mol. The van der Waals surface area contributed by atoms with Crippen molar-refractivity contribution >= 4 is 5.91 Å². The van der Waals surface area contributed by atoms with E-state index in [0.29, 0.717) is 6.42 Å². The normalized spacial score (nSPS) is 14.0. The van der Waals surface area contributed by atoms with Crippen LogP contribution in [0.25, 0.3) is 0 Å². The van der Waals surface area contributed by atoms with Crippen LogP contribution in [0.3, 0.4) is 0 Å². The van der Waals surface area contributed by atoms with Gasteiger partial charge < -0.3 is 15.5 Å². The van der Waals surface area contributed by atoms with E-state index in [1.54, 1.807) is 6.08 Å². The van der Waals surface area contributed by atoms with Gasteiger partial charge in [-0.2, -0.15) is 0 Å². The zero-order valence-electron chi connectivity index (χ0n) is 38.2. The summed E-state index contributed by atoms with van der Waals surface area (Å²) in [5.41, 5.74) is 0. The molecule has 2 unspecified atom stereocenters. The number of aliphatic hydroxyl groups excluding tert-OH is 2. The van der Waals surface area contributed by atoms with E-state index in [0.717, 1.165) is 96.3 Å². The number of aliphatic hydroxyl groups is 2. The molecule has 0 aliphatic heterocycles. The Labute approximate surface area is 365 Å². The van der Waals surface area contributed by atoms with Crippen LogP contribution in [0, 0.1) is 0 Å². The van der Waals surface area contributed by atoms with E-state index in [1.807, 2.05) is 6.08 Å². The lowest BCUT2D eigenvalue weighted by Crippen LogP contribution is -2.45. The average molecular weight is 814 g/mol. The molecule has 0 heterocycles. The van der Waals surface area contributed by atoms with Crippen LogP contribution < -0.4 is 5.32 Å². The van der Waals surface area contributed by atoms with Gasteiger partial charge in [-0.3, -0.25) is 4.79 Å². The Balaban J connectivity index is 3.74. The van der Waals surface area contributed by atoms with Crippen molar-refractivity contribution in [2.75, 3.05) is 6.61 Å². The molecule has 1 amide bonds. The highest BCUT2D eigenvalue weighted by molar-refractivity contribution is 5.76. The fourth-order valence-electron chi connectivity index (χ4n) is 6.48. The molecule has 3 N–H and O–H groups in total. The molecule has 0 aliphatic carbocycles. The Morgan fingerprint density at radius 2 is 0.763 bits per heavy atom. The molecular weight excluding hydrogens is 723 g/mol. The maximum Gasteiger partial charge on any atom is 0.220 e. The van der Waals surface area contributed by atoms with E-state index in [2.05, 4.69) is 129 Å². The number of amides is 1. The largest absolute Gasteiger partial charge is 0.394 e. The van der Waals surface area contributed by atoms with Gasteiger partial charge >= 0.3 is 0 Å². The van der Waals surface area contributed by atoms with Crippen molar-refractivity contribution in [3.8, 4) is 0 Å². The van der Waals surface area contributed by atoms with Gasteiger partial charge in [0.15, 0.2) is 0 Å². The van der Waals surface area contributed by atoms with Gasteiger partial charge in [-0.1, -0.05) is 212 Å². The van der Waals surface area contributed by atoms with Crippen molar-refractivity contribution in [3.63, 3.8) is 0 Å². The Hall–Kier alpha value is -3.21. The Morgan fingerprint density at radius 3 is 1.19 bits per heavy atom. The van der Waals surface area contributed by atoms with Gasteiger partial charge in [0.1, 0.15) is 0 Å². The predicted octanol–water partition coefficient (Wildman–Crippen LogP) is 15.7. The Morgan fingerprint density at radius 1 is 0.424 bits per heavy atom. The second kappa shape index (κ2) is 49.2. The summed E-state index contributed by atoms with van der Waals surface area (Å²) < 4.78 is 0. The summed E-state index contributed by atoms with van der Waals surface area (Å²) in [5, 5.41) is 23.0. The van der Waals surface area contributed by atoms with Crippen LogP contribution >= 0.6 is 0 Å². The first-order valence-electron chi connectivity index (χ1n) is 24.2. The molecule has 4 heteroatoms. The van der Waals surface area contributed by atoms with E-state index in [-0.39, 0.29) is 12.5 Å². The third kappa shape index (κ3) is 45.7. The number of nitrogens with one attached hydrogen (secondary N) is 1. The highest BCUT2D eigenvalue weighted by Gasteiger charge is 2.17. The van der Waals surface area contributed by atoms with Crippen molar-refractivity contribution in [1.82, 2.24) is 5.32 Å². The predicted molar refractivity (Wildman–Crippen MR) is 262 cm³/mol. The van der Waals surface area contributed by atoms with E-state index in [4.69, 9.17) is 0 Å². The number of unbranched alkanes of at least 4 members (excludes halogenated alkanes) is 17. The van der Waals surface area contributed by atoms with Crippen LogP contribution in [-0.4, -0.2) is 34.9 Å². The minimum absolute atomic E-state index is 0.102. The van der Waals surface area contributed by atoms with Crippen LogP contribution in [0.1, 0.15) is 200 Å². The fourth-order valence-corrected chi connectivity index (χ4v) is 6.48. The molecule has 0 aromatic heterocycles. The topological polar surface area (TPSA) is 69.6 Å². The molecule has 0 saturated heterocycles. The summed E-state index contributed by atoms with van der Waals surface area (Å²) in [7, 11) is 0. The van der Waals surface area contributed by atoms with Gasteiger partial charge in [-0.25, -0.2) is 0 Å². The number of hydrogen-bond acceptors (Lipinski definition) is 3. The van der Waals surface area contributed by atoms with Crippen LogP contribution in [0.2, 0.25) is 0 Å². The maximum atomic E-state index is 12.4. The first kappa shape index (κ1) is 55.8. The molecule has 0 aromatic carbocycles. The summed E-state index contributed by atoms with van der Waals surface area (Å²) in [4.78, 5) is 12.4. The second-order valence-corrected chi connectivity index (χ2v) is 15.8. The quantitative estimate of drug-likeness (QED) is 0.0425. The number of carbonyl (C=O) groups excluding carboxylic acids is 1. The minimum atomic E-state index is -0.888. The molecule has 0 fully saturated rings. The first-order chi connectivity index (χ1) is 29.2. The standard InChI is InChI=1S/C55H91NO3/c1-3-5-7-9-11-13-15-17-19-21-23-25-26-27-28-29-30-31-33-35-37-39-41-43-45-47-49-51-55(59)56-53(52-57)54(58)50-48-46-44-42-40-38-36-34-32-24-22-20-18-16-14-12-10-8-6-4-2/h5,7,11,13,17,19,23,25,27-28,30-32,34-35,37,40,42,48,50,53-54,57-58H,3-4,6,8-10,12,14-16,18,20-22,24,26,29,33,36,38-39,41,43-47,49,51-52H2,1-2H3,(H,56,59)/b7-5-,13-11-,19-17-,25-23-,28-27-,31-30-,34-32+,37-35-,42-40+,50-48+. The Kier molecular flexibility index (Phi) is 46.5. The summed E-state index contributed by atoms with van der Waals surface area (Å²) in [6.45, 7) is 4.16. The minimum Gasteiger partial charge on any atom is -0.394 e. The van der Waals surface area contributed by atoms with Crippen molar-refractivity contribution in [2.45, 2.75) is 212 Å². The lowest BCUT2D eigenvalue weighted by Gasteiger charge is -2.19. The summed E-state index contributed by atoms with van der Waals surface area (Å²) in [5.74, 6) is -0.102. The van der Waals surface area contributed by atoms with Gasteiger partial charge in [-0.05, 0) is 103 Å². The van der Waals surface area contributed by atoms with Crippen LogP contribution in [0.5, 0.6) is 0 Å². The first-order valence-corrected chi connectivity index (χ1v) is 24.2. The van der Waals surface area contributed by atoms with E-state index >= 15 is 0 Å². The van der Waals surface area contributed by atoms with E-state index in [9.17, 15) is 15.0 Å². The summed E-state index contributed by atoms with van der Waals surface area (Å²) in [6, 6.07) is -0.666. The van der Waals surface area contributed by atoms with Gasteiger partial charge in [0, 0.05) is 6.42 Å². The van der Waals surface area contributed by atoms with Crippen LogP contribution in [-0.2, 0) is 4.79 Å². The third-order valence-electron chi connectivity index (χ3n) is 10.2. The van der Waals surface area contributed by atoms with Crippen molar-refractivity contribution in [2.24, 2.45) is 0 Å². The number of rotatable bonds is 42. The van der Waals surface area contributed by atoms with Crippen LogP contribution in [0.15, 0.2) is 122 Å². The van der Waals surface area contributed by atoms with Gasteiger partial charge in [0.2, 0.25) is 5.91 Å². The van der Waals surface area contributed by atoms with Gasteiger partial charge in [-0.15, -0.1) is 0 Å². The lowest BCUT2D eigenvalue weighted by atomic mass is 10.1. The second-order valence-electron chi connectivity index (χ2n) is 15.8. The molecule has 0 radical (unpaired) electrons. The molecule has 0 spiro atoms. The smallest absolute Gasteiger partial charge is 0.220 e. The van der Waals surface area contributed by atoms with Crippen LogP contribution in [0.4, 0.5) is 0 Å². The molecule has 4 nitrogen and oxygen atoms in total. The molecule has 2 atom stereocenters. The maximum absolute atomic E-state index is 12.4. The molecular formula is C55H91NO3. The lowest BCUT2D eigenvalue weighted by molar-refractivity contribution is -0.123. The molecule has 59 heavy (non-hydrogen) atoms. The zero-order valence-corrected chi connectivity index (χ0v) is 38.2. The number of allylic oxidation sites excluding steroid dienone is 19. The van der Waals surface area contributed by atoms with Crippen molar-refractivity contribution in [1.29, 1.82) is 0 Å². The Bertz CT molecular complexity index is 1200. The van der Waals surface area contributed by atoms with E-state index < -0.39 is 12.1 Å². The fraction of sp³-hybridized carbons (Fsp3) is 0.618. The molecule has 0 rings (SSSR count). The molecule has 0 aromatic rings. The van der Waals surface area contributed by atoms with Crippen molar-refractivity contribution in [3.05, 3.63) is 122 Å².